The number of benzene rings is 3. The highest BCUT2D eigenvalue weighted by Gasteiger charge is 2.52. The lowest BCUT2D eigenvalue weighted by Crippen LogP contribution is -2.38. The van der Waals surface area contributed by atoms with Gasteiger partial charge in [-0.05, 0) is 28.8 Å². The lowest BCUT2D eigenvalue weighted by molar-refractivity contribution is 0.0937. The predicted molar refractivity (Wildman–Crippen MR) is 123 cm³/mol. The minimum absolute atomic E-state index is 0.223. The largest absolute Gasteiger partial charge is 0.466 e. The molecule has 1 aromatic heterocycles. The van der Waals surface area contributed by atoms with E-state index in [-0.39, 0.29) is 11.8 Å². The van der Waals surface area contributed by atoms with Gasteiger partial charge < -0.3 is 14.0 Å². The van der Waals surface area contributed by atoms with Gasteiger partial charge in [0.1, 0.15) is 17.6 Å². The smallest absolute Gasteiger partial charge is 0.259 e. The Morgan fingerprint density at radius 2 is 1.31 bits per heavy atom. The van der Waals surface area contributed by atoms with Gasteiger partial charge in [-0.2, -0.15) is 0 Å². The van der Waals surface area contributed by atoms with Crippen LogP contribution in [0.25, 0.3) is 0 Å². The molecule has 162 valence electrons. The summed E-state index contributed by atoms with van der Waals surface area (Å²) in [5.74, 6) is -1.90. The average molecular weight is 445 g/mol. The number of nitrogens with one attached hydrogen (secondary N) is 1. The van der Waals surface area contributed by atoms with Gasteiger partial charge in [0.15, 0.2) is 5.85 Å². The summed E-state index contributed by atoms with van der Waals surface area (Å²) >= 11 is 0. The van der Waals surface area contributed by atoms with Crippen LogP contribution in [0.15, 0.2) is 114 Å². The van der Waals surface area contributed by atoms with E-state index in [4.69, 9.17) is 8.94 Å². The van der Waals surface area contributed by atoms with Crippen LogP contribution in [-0.4, -0.2) is 5.11 Å². The Morgan fingerprint density at radius 3 is 1.88 bits per heavy atom. The maximum atomic E-state index is 14.5. The van der Waals surface area contributed by atoms with Crippen molar-refractivity contribution in [3.8, 4) is 0 Å². The molecule has 32 heavy (non-hydrogen) atoms. The van der Waals surface area contributed by atoms with Gasteiger partial charge in [-0.25, -0.2) is 0 Å². The summed E-state index contributed by atoms with van der Waals surface area (Å²) in [6, 6.07) is 32.2. The molecule has 1 aliphatic rings. The van der Waals surface area contributed by atoms with Crippen LogP contribution in [0.4, 0.5) is 0 Å². The fourth-order valence-electron chi connectivity index (χ4n) is 4.24. The fourth-order valence-corrected chi connectivity index (χ4v) is 6.82. The number of hydrogen-bond donors (Lipinski definition) is 2. The van der Waals surface area contributed by atoms with Gasteiger partial charge in [0.2, 0.25) is 0 Å². The van der Waals surface area contributed by atoms with Crippen LogP contribution in [-0.2, 0) is 9.09 Å². The summed E-state index contributed by atoms with van der Waals surface area (Å²) in [6.45, 7) is 0. The fraction of sp³-hybridized carbons (Fsp3) is 0.154. The van der Waals surface area contributed by atoms with E-state index in [2.05, 4.69) is 5.32 Å². The van der Waals surface area contributed by atoms with Gasteiger partial charge in [0.05, 0.1) is 12.3 Å². The summed E-state index contributed by atoms with van der Waals surface area (Å²) in [6.07, 6.45) is 0.898. The van der Waals surface area contributed by atoms with E-state index < -0.39 is 25.1 Å². The molecule has 5 atom stereocenters. The quantitative estimate of drug-likeness (QED) is 0.350. The standard InChI is InChI=1S/C26H24NO4P/c28-26(22-17-10-18-30-22)32(29)25(21-15-8-3-9-16-21)27-23(19-11-4-1-5-12-19)24(31-32)20-13-6-2-7-14-20/h1-18,23-28H/t23-,24+,25-,26-,32?/m0/s1. The summed E-state index contributed by atoms with van der Waals surface area (Å²) < 4.78 is 26.4. The molecule has 0 saturated carbocycles. The van der Waals surface area contributed by atoms with E-state index in [1.165, 1.54) is 6.26 Å². The van der Waals surface area contributed by atoms with Gasteiger partial charge in [-0.3, -0.25) is 9.88 Å². The summed E-state index contributed by atoms with van der Waals surface area (Å²) in [5, 5.41) is 14.8. The van der Waals surface area contributed by atoms with Crippen molar-refractivity contribution in [1.29, 1.82) is 0 Å². The lowest BCUT2D eigenvalue weighted by atomic mass is 9.95. The van der Waals surface area contributed by atoms with E-state index in [9.17, 15) is 9.67 Å². The molecular weight excluding hydrogens is 421 g/mol. The van der Waals surface area contributed by atoms with Crippen molar-refractivity contribution < 1.29 is 18.6 Å². The zero-order chi connectivity index (χ0) is 22.0. The van der Waals surface area contributed by atoms with Crippen molar-refractivity contribution in [3.05, 3.63) is 132 Å². The lowest BCUT2D eigenvalue weighted by Gasteiger charge is -2.44. The maximum Gasteiger partial charge on any atom is 0.259 e. The first-order chi connectivity index (χ1) is 15.7. The Kier molecular flexibility index (Phi) is 5.81. The van der Waals surface area contributed by atoms with Crippen molar-refractivity contribution in [2.75, 3.05) is 0 Å². The van der Waals surface area contributed by atoms with E-state index in [1.54, 1.807) is 12.1 Å². The van der Waals surface area contributed by atoms with Crippen molar-refractivity contribution in [2.24, 2.45) is 0 Å². The number of aliphatic hydroxyl groups is 1. The van der Waals surface area contributed by atoms with Crippen LogP contribution in [0.3, 0.4) is 0 Å². The Bertz CT molecular complexity index is 1180. The zero-order valence-electron chi connectivity index (χ0n) is 17.3. The molecule has 6 heteroatoms. The molecule has 4 aromatic rings. The third-order valence-electron chi connectivity index (χ3n) is 5.82. The molecule has 5 nitrogen and oxygen atoms in total. The average Bonchev–Trinajstić information content (AvgIpc) is 3.40. The molecule has 1 fully saturated rings. The number of furan rings is 1. The summed E-state index contributed by atoms with van der Waals surface area (Å²) in [7, 11) is -3.75. The SMILES string of the molecule is O=P1([C@H](O)c2ccco2)O[C@H](c2ccccc2)[C@H](c2ccccc2)N[C@@H]1c1ccccc1. The minimum Gasteiger partial charge on any atom is -0.466 e. The number of aliphatic hydroxyl groups excluding tert-OH is 1. The second-order valence-corrected chi connectivity index (χ2v) is 10.3. The van der Waals surface area contributed by atoms with Crippen LogP contribution in [0, 0.1) is 0 Å². The monoisotopic (exact) mass is 445 g/mol. The third-order valence-corrected chi connectivity index (χ3v) is 8.48. The molecule has 2 N–H and O–H groups in total. The molecular formula is C26H24NO4P. The molecule has 1 aliphatic heterocycles. The van der Waals surface area contributed by atoms with E-state index in [0.717, 1.165) is 16.7 Å². The summed E-state index contributed by atoms with van der Waals surface area (Å²) in [5.41, 5.74) is 2.68. The Balaban J connectivity index is 1.65. The van der Waals surface area contributed by atoms with E-state index >= 15 is 0 Å². The highest BCUT2D eigenvalue weighted by molar-refractivity contribution is 7.59. The van der Waals surface area contributed by atoms with Crippen LogP contribution >= 0.6 is 7.37 Å². The van der Waals surface area contributed by atoms with Gasteiger partial charge in [0.25, 0.3) is 7.37 Å². The van der Waals surface area contributed by atoms with Crippen molar-refractivity contribution in [1.82, 2.24) is 5.32 Å². The first-order valence-corrected chi connectivity index (χ1v) is 12.3. The molecule has 5 rings (SSSR count). The van der Waals surface area contributed by atoms with Crippen molar-refractivity contribution >= 4 is 7.37 Å². The topological polar surface area (TPSA) is 71.7 Å². The van der Waals surface area contributed by atoms with Crippen LogP contribution < -0.4 is 5.32 Å². The molecule has 3 aromatic carbocycles. The Labute approximate surface area is 187 Å². The second kappa shape index (κ2) is 8.89. The number of rotatable bonds is 5. The Morgan fingerprint density at radius 1 is 0.750 bits per heavy atom. The normalized spacial score (nSPS) is 26.5. The first kappa shape index (κ1) is 20.9. The molecule has 0 spiro atoms. The van der Waals surface area contributed by atoms with Gasteiger partial charge >= 0.3 is 0 Å². The van der Waals surface area contributed by atoms with Crippen LogP contribution in [0.2, 0.25) is 0 Å². The van der Waals surface area contributed by atoms with Gasteiger partial charge in [-0.1, -0.05) is 91.0 Å². The minimum atomic E-state index is -3.75. The van der Waals surface area contributed by atoms with E-state index in [1.807, 2.05) is 91.0 Å². The third kappa shape index (κ3) is 3.85. The van der Waals surface area contributed by atoms with Crippen LogP contribution in [0.1, 0.15) is 46.2 Å². The molecule has 1 unspecified atom stereocenters. The molecule has 0 aliphatic carbocycles. The Hall–Kier alpha value is -2.95. The molecule has 0 bridgehead atoms. The second-order valence-electron chi connectivity index (χ2n) is 7.84. The van der Waals surface area contributed by atoms with Crippen molar-refractivity contribution in [2.45, 2.75) is 23.8 Å². The van der Waals surface area contributed by atoms with Crippen LogP contribution in [0.5, 0.6) is 0 Å². The van der Waals surface area contributed by atoms with Gasteiger partial charge in [-0.15, -0.1) is 0 Å². The first-order valence-electron chi connectivity index (χ1n) is 10.6. The van der Waals surface area contributed by atoms with E-state index in [0.29, 0.717) is 0 Å². The number of hydrogen-bond acceptors (Lipinski definition) is 5. The van der Waals surface area contributed by atoms with Gasteiger partial charge in [0, 0.05) is 0 Å². The molecule has 0 amide bonds. The zero-order valence-corrected chi connectivity index (χ0v) is 18.2. The molecule has 0 radical (unpaired) electrons. The van der Waals surface area contributed by atoms with Crippen molar-refractivity contribution in [3.63, 3.8) is 0 Å². The molecule has 1 saturated heterocycles. The maximum absolute atomic E-state index is 14.5. The molecule has 2 heterocycles. The highest BCUT2D eigenvalue weighted by atomic mass is 31.2. The predicted octanol–water partition coefficient (Wildman–Crippen LogP) is 6.35. The highest BCUT2D eigenvalue weighted by Crippen LogP contribution is 2.73. The summed E-state index contributed by atoms with van der Waals surface area (Å²) in [4.78, 5) is 0.